The zero-order chi connectivity index (χ0) is 20.8. The molecule has 1 heterocycles. The van der Waals surface area contributed by atoms with E-state index in [1.165, 1.54) is 24.0 Å². The van der Waals surface area contributed by atoms with Gasteiger partial charge in [-0.05, 0) is 82.5 Å². The standard InChI is InChI=1S/C24H26N2O2S/c1-23(2)11-12-24(3,4)19-14-17(9-10-18(19)23)25-16-7-5-15(6-8-16)13-20-21(27)26-22(28)29-20/h5-10,13-14,25H,11-12H2,1-4H3,(H,26,27,28)/b20-13-. The van der Waals surface area contributed by atoms with Crippen molar-refractivity contribution < 1.29 is 9.59 Å². The summed E-state index contributed by atoms with van der Waals surface area (Å²) in [7, 11) is 0. The van der Waals surface area contributed by atoms with E-state index in [9.17, 15) is 9.59 Å². The average molecular weight is 407 g/mol. The summed E-state index contributed by atoms with van der Waals surface area (Å²) in [4.78, 5) is 23.4. The van der Waals surface area contributed by atoms with Gasteiger partial charge >= 0.3 is 0 Å². The van der Waals surface area contributed by atoms with E-state index in [1.807, 2.05) is 24.3 Å². The third-order valence-corrected chi connectivity index (χ3v) is 6.80. The van der Waals surface area contributed by atoms with Gasteiger partial charge in [-0.3, -0.25) is 14.9 Å². The summed E-state index contributed by atoms with van der Waals surface area (Å²) < 4.78 is 0. The Morgan fingerprint density at radius 1 is 0.897 bits per heavy atom. The lowest BCUT2D eigenvalue weighted by atomic mass is 9.63. The van der Waals surface area contributed by atoms with Crippen LogP contribution in [0.2, 0.25) is 0 Å². The van der Waals surface area contributed by atoms with Crippen molar-refractivity contribution in [2.45, 2.75) is 51.4 Å². The normalized spacial score (nSPS) is 21.0. The van der Waals surface area contributed by atoms with Gasteiger partial charge in [0, 0.05) is 11.4 Å². The maximum absolute atomic E-state index is 11.7. The molecule has 1 aliphatic carbocycles. The van der Waals surface area contributed by atoms with Gasteiger partial charge in [0.15, 0.2) is 0 Å². The molecule has 4 nitrogen and oxygen atoms in total. The number of hydrogen-bond acceptors (Lipinski definition) is 4. The largest absolute Gasteiger partial charge is 0.356 e. The summed E-state index contributed by atoms with van der Waals surface area (Å²) in [6.45, 7) is 9.32. The molecule has 2 aromatic rings. The molecular weight excluding hydrogens is 380 g/mol. The van der Waals surface area contributed by atoms with Crippen LogP contribution in [0.15, 0.2) is 47.4 Å². The van der Waals surface area contributed by atoms with Crippen molar-refractivity contribution in [3.63, 3.8) is 0 Å². The molecule has 2 aromatic carbocycles. The molecule has 1 saturated heterocycles. The Kier molecular flexibility index (Phi) is 4.82. The summed E-state index contributed by atoms with van der Waals surface area (Å²) >= 11 is 0.934. The van der Waals surface area contributed by atoms with Gasteiger partial charge in [-0.25, -0.2) is 0 Å². The first kappa shape index (κ1) is 19.8. The topological polar surface area (TPSA) is 58.2 Å². The Morgan fingerprint density at radius 2 is 1.52 bits per heavy atom. The van der Waals surface area contributed by atoms with Gasteiger partial charge < -0.3 is 5.32 Å². The number of carbonyl (C=O) groups excluding carboxylic acids is 2. The fourth-order valence-electron chi connectivity index (χ4n) is 4.07. The molecular formula is C24H26N2O2S. The Balaban J connectivity index is 1.55. The van der Waals surface area contributed by atoms with Crippen LogP contribution in [-0.4, -0.2) is 11.1 Å². The predicted molar refractivity (Wildman–Crippen MR) is 121 cm³/mol. The monoisotopic (exact) mass is 406 g/mol. The first-order valence-corrected chi connectivity index (χ1v) is 10.7. The third kappa shape index (κ3) is 3.97. The quantitative estimate of drug-likeness (QED) is 0.604. The first-order valence-electron chi connectivity index (χ1n) is 9.91. The van der Waals surface area contributed by atoms with Crippen LogP contribution in [-0.2, 0) is 15.6 Å². The van der Waals surface area contributed by atoms with Crippen molar-refractivity contribution in [1.29, 1.82) is 0 Å². The Morgan fingerprint density at radius 3 is 2.14 bits per heavy atom. The van der Waals surface area contributed by atoms with Crippen LogP contribution in [0, 0.1) is 0 Å². The van der Waals surface area contributed by atoms with E-state index in [1.54, 1.807) is 6.08 Å². The molecule has 0 saturated carbocycles. The van der Waals surface area contributed by atoms with E-state index in [-0.39, 0.29) is 22.0 Å². The minimum Gasteiger partial charge on any atom is -0.356 e. The van der Waals surface area contributed by atoms with E-state index in [0.29, 0.717) is 4.91 Å². The van der Waals surface area contributed by atoms with Crippen molar-refractivity contribution in [2.24, 2.45) is 0 Å². The second-order valence-electron chi connectivity index (χ2n) is 9.13. The summed E-state index contributed by atoms with van der Waals surface area (Å²) in [5, 5.41) is 5.45. The minimum atomic E-state index is -0.332. The maximum atomic E-state index is 11.7. The lowest BCUT2D eigenvalue weighted by molar-refractivity contribution is -0.115. The molecule has 0 aromatic heterocycles. The molecule has 1 fully saturated rings. The Labute approximate surface area is 176 Å². The minimum absolute atomic E-state index is 0.176. The number of anilines is 2. The van der Waals surface area contributed by atoms with Gasteiger partial charge in [-0.15, -0.1) is 0 Å². The number of amides is 2. The van der Waals surface area contributed by atoms with Crippen LogP contribution in [0.4, 0.5) is 16.2 Å². The maximum Gasteiger partial charge on any atom is 0.290 e. The summed E-state index contributed by atoms with van der Waals surface area (Å²) in [6, 6.07) is 14.6. The molecule has 2 amide bonds. The number of nitrogens with one attached hydrogen (secondary N) is 2. The molecule has 2 aliphatic rings. The highest BCUT2D eigenvalue weighted by Gasteiger charge is 2.36. The third-order valence-electron chi connectivity index (χ3n) is 5.99. The van der Waals surface area contributed by atoms with E-state index in [0.717, 1.165) is 28.7 Å². The molecule has 4 rings (SSSR count). The molecule has 0 spiro atoms. The van der Waals surface area contributed by atoms with Crippen molar-refractivity contribution in [2.75, 3.05) is 5.32 Å². The molecule has 5 heteroatoms. The van der Waals surface area contributed by atoms with E-state index in [4.69, 9.17) is 0 Å². The molecule has 1 aliphatic heterocycles. The van der Waals surface area contributed by atoms with E-state index >= 15 is 0 Å². The number of thioether (sulfide) groups is 1. The van der Waals surface area contributed by atoms with Gasteiger partial charge in [0.05, 0.1) is 4.91 Å². The van der Waals surface area contributed by atoms with Crippen LogP contribution in [0.1, 0.15) is 57.2 Å². The molecule has 0 bridgehead atoms. The van der Waals surface area contributed by atoms with E-state index < -0.39 is 0 Å². The first-order chi connectivity index (χ1) is 13.6. The Bertz CT molecular complexity index is 1020. The number of benzene rings is 2. The summed E-state index contributed by atoms with van der Waals surface area (Å²) in [6.07, 6.45) is 4.13. The molecule has 29 heavy (non-hydrogen) atoms. The number of imide groups is 1. The molecule has 0 radical (unpaired) electrons. The highest BCUT2D eigenvalue weighted by molar-refractivity contribution is 8.18. The van der Waals surface area contributed by atoms with Gasteiger partial charge in [0.1, 0.15) is 0 Å². The van der Waals surface area contributed by atoms with Gasteiger partial charge in [-0.1, -0.05) is 45.9 Å². The van der Waals surface area contributed by atoms with Crippen LogP contribution in [0.25, 0.3) is 6.08 Å². The van der Waals surface area contributed by atoms with Crippen LogP contribution in [0.3, 0.4) is 0 Å². The van der Waals surface area contributed by atoms with Gasteiger partial charge in [-0.2, -0.15) is 0 Å². The van der Waals surface area contributed by atoms with Crippen LogP contribution < -0.4 is 10.6 Å². The lowest BCUT2D eigenvalue weighted by Crippen LogP contribution is -2.33. The number of fused-ring (bicyclic) bond motifs is 1. The predicted octanol–water partition coefficient (Wildman–Crippen LogP) is 6.10. The van der Waals surface area contributed by atoms with Crippen molar-refractivity contribution in [3.8, 4) is 0 Å². The second-order valence-corrected chi connectivity index (χ2v) is 10.1. The van der Waals surface area contributed by atoms with Gasteiger partial charge in [0.25, 0.3) is 11.1 Å². The second kappa shape index (κ2) is 7.06. The SMILES string of the molecule is CC1(C)CCC(C)(C)c2cc(Nc3ccc(/C=C4\SC(=O)NC4=O)cc3)ccc21. The average Bonchev–Trinajstić information content (AvgIpc) is 2.98. The summed E-state index contributed by atoms with van der Waals surface area (Å²) in [5.74, 6) is -0.332. The van der Waals surface area contributed by atoms with Crippen LogP contribution in [0.5, 0.6) is 0 Å². The molecule has 0 atom stereocenters. The number of carbonyl (C=O) groups is 2. The van der Waals surface area contributed by atoms with Crippen molar-refractivity contribution in [3.05, 3.63) is 64.1 Å². The van der Waals surface area contributed by atoms with Crippen LogP contribution >= 0.6 is 11.8 Å². The fourth-order valence-corrected chi connectivity index (χ4v) is 4.75. The van der Waals surface area contributed by atoms with E-state index in [2.05, 4.69) is 56.5 Å². The highest BCUT2D eigenvalue weighted by Crippen LogP contribution is 2.46. The molecule has 2 N–H and O–H groups in total. The summed E-state index contributed by atoms with van der Waals surface area (Å²) in [5.41, 5.74) is 6.21. The Hall–Kier alpha value is -2.53. The fraction of sp³-hybridized carbons (Fsp3) is 0.333. The van der Waals surface area contributed by atoms with Crippen molar-refractivity contribution >= 4 is 40.4 Å². The number of hydrogen-bond donors (Lipinski definition) is 2. The van der Waals surface area contributed by atoms with Gasteiger partial charge in [0.2, 0.25) is 0 Å². The lowest BCUT2D eigenvalue weighted by Gasteiger charge is -2.42. The smallest absolute Gasteiger partial charge is 0.290 e. The van der Waals surface area contributed by atoms with Crippen molar-refractivity contribution in [1.82, 2.24) is 5.32 Å². The zero-order valence-electron chi connectivity index (χ0n) is 17.3. The molecule has 0 unspecified atom stereocenters. The highest BCUT2D eigenvalue weighted by atomic mass is 32.2. The molecule has 150 valence electrons. The number of rotatable bonds is 3. The zero-order valence-corrected chi connectivity index (χ0v) is 18.1.